The van der Waals surface area contributed by atoms with Crippen molar-refractivity contribution in [2.75, 3.05) is 13.2 Å². The first kappa shape index (κ1) is 14.7. The van der Waals surface area contributed by atoms with E-state index in [1.54, 1.807) is 12.1 Å². The minimum Gasteiger partial charge on any atom is -0.353 e. The normalized spacial score (nSPS) is 19.9. The predicted octanol–water partition coefficient (Wildman–Crippen LogP) is 3.54. The summed E-state index contributed by atoms with van der Waals surface area (Å²) in [6.45, 7) is 3.23. The Morgan fingerprint density at radius 3 is 2.80 bits per heavy atom. The van der Waals surface area contributed by atoms with Crippen LogP contribution in [-0.4, -0.2) is 24.4 Å². The monoisotopic (exact) mass is 277 g/mol. The molecule has 0 amide bonds. The molecule has 1 aromatic rings. The molecule has 1 aliphatic heterocycles. The first-order chi connectivity index (χ1) is 9.66. The van der Waals surface area contributed by atoms with Crippen LogP contribution in [0.2, 0.25) is 0 Å². The molecule has 20 heavy (non-hydrogen) atoms. The van der Waals surface area contributed by atoms with E-state index in [0.717, 1.165) is 37.0 Å². The van der Waals surface area contributed by atoms with Gasteiger partial charge in [-0.3, -0.25) is 10.1 Å². The summed E-state index contributed by atoms with van der Waals surface area (Å²) in [6, 6.07) is 6.53. The Hall–Kier alpha value is -1.72. The number of rotatable bonds is 5. The van der Waals surface area contributed by atoms with E-state index in [4.69, 9.17) is 9.47 Å². The number of nitro benzene ring substituents is 1. The van der Waals surface area contributed by atoms with Crippen molar-refractivity contribution in [1.29, 1.82) is 0 Å². The summed E-state index contributed by atoms with van der Waals surface area (Å²) in [6.07, 6.45) is 5.08. The molecular weight excluding hydrogens is 258 g/mol. The van der Waals surface area contributed by atoms with Gasteiger partial charge in [0.05, 0.1) is 11.5 Å². The highest BCUT2D eigenvalue weighted by molar-refractivity contribution is 5.64. The fourth-order valence-electron chi connectivity index (χ4n) is 2.09. The van der Waals surface area contributed by atoms with Crippen molar-refractivity contribution >= 4 is 11.3 Å². The predicted molar refractivity (Wildman–Crippen MR) is 76.3 cm³/mol. The molecule has 0 saturated carbocycles. The van der Waals surface area contributed by atoms with E-state index in [9.17, 15) is 10.1 Å². The molecule has 108 valence electrons. The van der Waals surface area contributed by atoms with Crippen LogP contribution in [0.5, 0.6) is 0 Å². The number of benzene rings is 1. The van der Waals surface area contributed by atoms with Crippen LogP contribution in [0.1, 0.15) is 31.7 Å². The number of nitrogens with zero attached hydrogens (tertiary/aromatic N) is 1. The van der Waals surface area contributed by atoms with Crippen molar-refractivity contribution < 1.29 is 14.4 Å². The lowest BCUT2D eigenvalue weighted by Gasteiger charge is -2.22. The van der Waals surface area contributed by atoms with Gasteiger partial charge in [-0.1, -0.05) is 6.08 Å². The fraction of sp³-hybridized carbons (Fsp3) is 0.467. The van der Waals surface area contributed by atoms with Crippen LogP contribution in [0.3, 0.4) is 0 Å². The van der Waals surface area contributed by atoms with Gasteiger partial charge in [0.1, 0.15) is 0 Å². The summed E-state index contributed by atoms with van der Waals surface area (Å²) in [7, 11) is 0. The van der Waals surface area contributed by atoms with Gasteiger partial charge in [-0.05, 0) is 49.5 Å². The molecule has 2 rings (SSSR count). The smallest absolute Gasteiger partial charge is 0.269 e. The number of allylic oxidation sites excluding steroid dienone is 1. The highest BCUT2D eigenvalue weighted by atomic mass is 16.7. The number of ether oxygens (including phenoxy) is 2. The van der Waals surface area contributed by atoms with Crippen LogP contribution in [0, 0.1) is 10.1 Å². The second kappa shape index (κ2) is 7.17. The van der Waals surface area contributed by atoms with Crippen molar-refractivity contribution in [3.63, 3.8) is 0 Å². The van der Waals surface area contributed by atoms with E-state index in [0.29, 0.717) is 6.61 Å². The fourth-order valence-corrected chi connectivity index (χ4v) is 2.09. The topological polar surface area (TPSA) is 61.6 Å². The molecule has 5 heteroatoms. The molecule has 0 N–H and O–H groups in total. The van der Waals surface area contributed by atoms with Gasteiger partial charge in [-0.2, -0.15) is 0 Å². The van der Waals surface area contributed by atoms with Gasteiger partial charge in [-0.15, -0.1) is 0 Å². The molecule has 1 aromatic carbocycles. The van der Waals surface area contributed by atoms with Crippen LogP contribution in [0.25, 0.3) is 5.57 Å². The Morgan fingerprint density at radius 1 is 1.45 bits per heavy atom. The van der Waals surface area contributed by atoms with E-state index in [1.165, 1.54) is 12.1 Å². The average molecular weight is 277 g/mol. The molecule has 0 bridgehead atoms. The number of hydrogen-bond donors (Lipinski definition) is 0. The molecule has 1 saturated heterocycles. The van der Waals surface area contributed by atoms with Crippen molar-refractivity contribution in [3.05, 3.63) is 46.0 Å². The highest BCUT2D eigenvalue weighted by Crippen LogP contribution is 2.19. The lowest BCUT2D eigenvalue weighted by Crippen LogP contribution is -2.22. The molecule has 1 atom stereocenters. The third kappa shape index (κ3) is 4.15. The maximum absolute atomic E-state index is 10.6. The van der Waals surface area contributed by atoms with Crippen LogP contribution < -0.4 is 0 Å². The lowest BCUT2D eigenvalue weighted by molar-refractivity contribution is -0.384. The van der Waals surface area contributed by atoms with Gasteiger partial charge in [-0.25, -0.2) is 0 Å². The van der Waals surface area contributed by atoms with Crippen LogP contribution in [-0.2, 0) is 9.47 Å². The number of non-ortho nitro benzene ring substituents is 1. The van der Waals surface area contributed by atoms with E-state index in [2.05, 4.69) is 0 Å². The molecular formula is C15H19NO4. The lowest BCUT2D eigenvalue weighted by atomic mass is 10.1. The summed E-state index contributed by atoms with van der Waals surface area (Å²) in [5.74, 6) is 0. The molecule has 1 aliphatic rings. The molecule has 0 radical (unpaired) electrons. The maximum Gasteiger partial charge on any atom is 0.269 e. The first-order valence-electron chi connectivity index (χ1n) is 6.81. The molecule has 0 spiro atoms. The SMILES string of the molecule is C/C(=C/COC1CCCCO1)c1ccc([N+](=O)[O-])cc1. The molecule has 1 unspecified atom stereocenters. The minimum atomic E-state index is -0.396. The molecule has 0 aliphatic carbocycles. The summed E-state index contributed by atoms with van der Waals surface area (Å²) >= 11 is 0. The largest absolute Gasteiger partial charge is 0.353 e. The van der Waals surface area contributed by atoms with Gasteiger partial charge in [0, 0.05) is 18.7 Å². The number of hydrogen-bond acceptors (Lipinski definition) is 4. The second-order valence-electron chi connectivity index (χ2n) is 4.82. The maximum atomic E-state index is 10.6. The molecule has 0 aromatic heterocycles. The van der Waals surface area contributed by atoms with Crippen LogP contribution in [0.15, 0.2) is 30.3 Å². The van der Waals surface area contributed by atoms with Crippen molar-refractivity contribution in [1.82, 2.24) is 0 Å². The van der Waals surface area contributed by atoms with Crippen molar-refractivity contribution in [2.45, 2.75) is 32.5 Å². The van der Waals surface area contributed by atoms with Crippen molar-refractivity contribution in [3.8, 4) is 0 Å². The third-order valence-electron chi connectivity index (χ3n) is 3.34. The Morgan fingerprint density at radius 2 is 2.20 bits per heavy atom. The van der Waals surface area contributed by atoms with Gasteiger partial charge in [0.15, 0.2) is 6.29 Å². The summed E-state index contributed by atoms with van der Waals surface area (Å²) in [5, 5.41) is 10.6. The van der Waals surface area contributed by atoms with Gasteiger partial charge >= 0.3 is 0 Å². The Bertz CT molecular complexity index is 475. The van der Waals surface area contributed by atoms with Crippen molar-refractivity contribution in [2.24, 2.45) is 0 Å². The Balaban J connectivity index is 1.87. The van der Waals surface area contributed by atoms with Gasteiger partial charge in [0.2, 0.25) is 0 Å². The Labute approximate surface area is 118 Å². The standard InChI is InChI=1S/C15H19NO4/c1-12(9-11-20-15-4-2-3-10-19-15)13-5-7-14(8-6-13)16(17)18/h5-9,15H,2-4,10-11H2,1H3/b12-9-. The highest BCUT2D eigenvalue weighted by Gasteiger charge is 2.13. The zero-order valence-electron chi connectivity index (χ0n) is 11.6. The van der Waals surface area contributed by atoms with Crippen LogP contribution >= 0.6 is 0 Å². The molecule has 5 nitrogen and oxygen atoms in total. The molecule has 1 fully saturated rings. The van der Waals surface area contributed by atoms with Crippen LogP contribution in [0.4, 0.5) is 5.69 Å². The third-order valence-corrected chi connectivity index (χ3v) is 3.34. The van der Waals surface area contributed by atoms with E-state index in [-0.39, 0.29) is 12.0 Å². The number of nitro groups is 1. The summed E-state index contributed by atoms with van der Waals surface area (Å²) in [4.78, 5) is 10.2. The molecule has 1 heterocycles. The second-order valence-corrected chi connectivity index (χ2v) is 4.82. The van der Waals surface area contributed by atoms with E-state index >= 15 is 0 Å². The average Bonchev–Trinajstić information content (AvgIpc) is 2.48. The van der Waals surface area contributed by atoms with Gasteiger partial charge in [0.25, 0.3) is 5.69 Å². The zero-order valence-corrected chi connectivity index (χ0v) is 11.6. The Kier molecular flexibility index (Phi) is 5.26. The van der Waals surface area contributed by atoms with E-state index < -0.39 is 4.92 Å². The minimum absolute atomic E-state index is 0.0929. The summed E-state index contributed by atoms with van der Waals surface area (Å²) in [5.41, 5.74) is 2.10. The summed E-state index contributed by atoms with van der Waals surface area (Å²) < 4.78 is 11.1. The first-order valence-corrected chi connectivity index (χ1v) is 6.81. The van der Waals surface area contributed by atoms with Gasteiger partial charge < -0.3 is 9.47 Å². The zero-order chi connectivity index (χ0) is 14.4. The quantitative estimate of drug-likeness (QED) is 0.610. The van der Waals surface area contributed by atoms with E-state index in [1.807, 2.05) is 13.0 Å².